The molecule has 1 heterocycles. The molecule has 0 N–H and O–H groups in total. The van der Waals surface area contributed by atoms with E-state index in [0.29, 0.717) is 12.1 Å². The number of Topliss-reactive ketones (excluding diaryl/α,β-unsaturated/α-hetero) is 1. The van der Waals surface area contributed by atoms with Crippen molar-refractivity contribution in [2.45, 2.75) is 31.6 Å². The maximum absolute atomic E-state index is 13.1. The Morgan fingerprint density at radius 3 is 2.19 bits per heavy atom. The van der Waals surface area contributed by atoms with E-state index in [0.717, 1.165) is 5.32 Å². The first-order chi connectivity index (χ1) is 12.4. The molecular formula is C22H25NO2Se. The average Bonchev–Trinajstić information content (AvgIpc) is 2.97. The van der Waals surface area contributed by atoms with Crippen LogP contribution in [-0.4, -0.2) is 43.6 Å². The zero-order valence-electron chi connectivity index (χ0n) is 15.5. The number of ketones is 1. The first kappa shape index (κ1) is 18.9. The number of benzene rings is 2. The Kier molecular flexibility index (Phi) is 5.64. The van der Waals surface area contributed by atoms with E-state index in [2.05, 4.69) is 12.1 Å². The molecule has 2 aromatic rings. The van der Waals surface area contributed by atoms with Crippen LogP contribution in [0.2, 0.25) is 5.32 Å². The van der Waals surface area contributed by atoms with Crippen molar-refractivity contribution in [3.05, 3.63) is 66.2 Å². The molecule has 4 heteroatoms. The summed E-state index contributed by atoms with van der Waals surface area (Å²) in [5.41, 5.74) is 0.375. The second-order valence-electron chi connectivity index (χ2n) is 7.71. The summed E-state index contributed by atoms with van der Waals surface area (Å²) in [4.78, 5) is 28.1. The Morgan fingerprint density at radius 1 is 1.04 bits per heavy atom. The van der Waals surface area contributed by atoms with Crippen molar-refractivity contribution in [2.24, 2.45) is 11.8 Å². The monoisotopic (exact) mass is 415 g/mol. The number of carbonyl (C=O) groups excluding carboxylic acids is 2. The molecule has 1 fully saturated rings. The summed E-state index contributed by atoms with van der Waals surface area (Å²) in [5.74, 6) is -0.520. The molecule has 0 spiro atoms. The third-order valence-electron chi connectivity index (χ3n) is 4.78. The fourth-order valence-corrected chi connectivity index (χ4v) is 5.59. The topological polar surface area (TPSA) is 37.4 Å². The van der Waals surface area contributed by atoms with E-state index in [1.165, 1.54) is 4.46 Å². The number of hydrogen-bond acceptors (Lipinski definition) is 2. The third-order valence-corrected chi connectivity index (χ3v) is 7.30. The number of rotatable bonds is 5. The number of likely N-dealkylation sites (tertiary alicyclic amines) is 1. The molecule has 0 bridgehead atoms. The number of carbonyl (C=O) groups is 2. The van der Waals surface area contributed by atoms with Crippen LogP contribution in [0.15, 0.2) is 60.7 Å². The van der Waals surface area contributed by atoms with Gasteiger partial charge in [-0.1, -0.05) is 0 Å². The van der Waals surface area contributed by atoms with Gasteiger partial charge in [0.15, 0.2) is 0 Å². The molecule has 0 radical (unpaired) electrons. The SMILES string of the molecule is CC(C)(C)N1C[C@H](C[Se]c2ccccc2)[C@@H](C(=O)c2ccccc2)C1=O. The molecule has 0 aromatic heterocycles. The van der Waals surface area contributed by atoms with Gasteiger partial charge in [-0.3, -0.25) is 0 Å². The van der Waals surface area contributed by atoms with Crippen molar-refractivity contribution in [2.75, 3.05) is 6.54 Å². The molecule has 136 valence electrons. The van der Waals surface area contributed by atoms with Gasteiger partial charge in [0.1, 0.15) is 0 Å². The molecule has 26 heavy (non-hydrogen) atoms. The number of nitrogens with zero attached hydrogens (tertiary/aromatic N) is 1. The van der Waals surface area contributed by atoms with Gasteiger partial charge in [0, 0.05) is 0 Å². The fourth-order valence-electron chi connectivity index (χ4n) is 3.38. The summed E-state index contributed by atoms with van der Waals surface area (Å²) in [6.45, 7) is 6.79. The molecule has 2 aromatic carbocycles. The summed E-state index contributed by atoms with van der Waals surface area (Å²) in [7, 11) is 0. The minimum absolute atomic E-state index is 0.0137. The van der Waals surface area contributed by atoms with Gasteiger partial charge in [0.25, 0.3) is 0 Å². The molecular weight excluding hydrogens is 389 g/mol. The fraction of sp³-hybridized carbons (Fsp3) is 0.364. The van der Waals surface area contributed by atoms with E-state index < -0.39 is 5.92 Å². The molecule has 3 nitrogen and oxygen atoms in total. The minimum atomic E-state index is -0.554. The third kappa shape index (κ3) is 4.08. The summed E-state index contributed by atoms with van der Waals surface area (Å²) in [6, 6.07) is 19.6. The van der Waals surface area contributed by atoms with Crippen LogP contribution < -0.4 is 4.46 Å². The van der Waals surface area contributed by atoms with Crippen LogP contribution in [0, 0.1) is 11.8 Å². The second kappa shape index (κ2) is 7.77. The van der Waals surface area contributed by atoms with Gasteiger partial charge < -0.3 is 0 Å². The molecule has 1 aliphatic heterocycles. The summed E-state index contributed by atoms with van der Waals surface area (Å²) in [6.07, 6.45) is 0. The van der Waals surface area contributed by atoms with Crippen LogP contribution in [0.25, 0.3) is 0 Å². The van der Waals surface area contributed by atoms with Gasteiger partial charge in [-0.25, -0.2) is 0 Å². The van der Waals surface area contributed by atoms with Crippen molar-refractivity contribution < 1.29 is 9.59 Å². The molecule has 1 aliphatic rings. The van der Waals surface area contributed by atoms with E-state index in [9.17, 15) is 9.59 Å². The van der Waals surface area contributed by atoms with Crippen molar-refractivity contribution in [3.63, 3.8) is 0 Å². The zero-order chi connectivity index (χ0) is 18.7. The van der Waals surface area contributed by atoms with Crippen molar-refractivity contribution in [1.82, 2.24) is 4.90 Å². The van der Waals surface area contributed by atoms with Crippen LogP contribution >= 0.6 is 0 Å². The predicted molar refractivity (Wildman–Crippen MR) is 106 cm³/mol. The van der Waals surface area contributed by atoms with E-state index in [1.54, 1.807) is 0 Å². The van der Waals surface area contributed by atoms with Gasteiger partial charge in [-0.15, -0.1) is 0 Å². The molecule has 1 amide bonds. The van der Waals surface area contributed by atoms with Crippen LogP contribution in [0.4, 0.5) is 0 Å². The van der Waals surface area contributed by atoms with Crippen molar-refractivity contribution >= 4 is 31.1 Å². The van der Waals surface area contributed by atoms with Gasteiger partial charge >= 0.3 is 162 Å². The van der Waals surface area contributed by atoms with Crippen LogP contribution in [0.5, 0.6) is 0 Å². The molecule has 3 rings (SSSR count). The molecule has 0 unspecified atom stereocenters. The van der Waals surface area contributed by atoms with Crippen molar-refractivity contribution in [3.8, 4) is 0 Å². The van der Waals surface area contributed by atoms with E-state index in [4.69, 9.17) is 0 Å². The first-order valence-corrected chi connectivity index (χ1v) is 11.0. The Morgan fingerprint density at radius 2 is 1.62 bits per heavy atom. The average molecular weight is 414 g/mol. The maximum atomic E-state index is 13.1. The van der Waals surface area contributed by atoms with Crippen LogP contribution in [0.3, 0.4) is 0 Å². The second-order valence-corrected chi connectivity index (χ2v) is 10.0. The summed E-state index contributed by atoms with van der Waals surface area (Å²) in [5, 5.41) is 0.901. The Hall–Kier alpha value is -1.90. The quantitative estimate of drug-likeness (QED) is 0.428. The van der Waals surface area contributed by atoms with Gasteiger partial charge in [0.05, 0.1) is 0 Å². The molecule has 1 saturated heterocycles. The van der Waals surface area contributed by atoms with Gasteiger partial charge in [-0.05, 0) is 0 Å². The molecule has 0 aliphatic carbocycles. The predicted octanol–water partition coefficient (Wildman–Crippen LogP) is 3.19. The van der Waals surface area contributed by atoms with Crippen molar-refractivity contribution in [1.29, 1.82) is 0 Å². The number of amides is 1. The Bertz CT molecular complexity index is 768. The normalized spacial score (nSPS) is 20.4. The Balaban J connectivity index is 1.84. The van der Waals surface area contributed by atoms with E-state index in [1.807, 2.05) is 74.2 Å². The van der Waals surface area contributed by atoms with Gasteiger partial charge in [-0.2, -0.15) is 0 Å². The Labute approximate surface area is 161 Å². The van der Waals surface area contributed by atoms with Crippen LogP contribution in [0.1, 0.15) is 31.1 Å². The van der Waals surface area contributed by atoms with E-state index >= 15 is 0 Å². The number of hydrogen-bond donors (Lipinski definition) is 0. The van der Waals surface area contributed by atoms with Crippen LogP contribution in [-0.2, 0) is 4.79 Å². The van der Waals surface area contributed by atoms with Gasteiger partial charge in [0.2, 0.25) is 0 Å². The summed E-state index contributed by atoms with van der Waals surface area (Å²) < 4.78 is 1.31. The zero-order valence-corrected chi connectivity index (χ0v) is 17.2. The molecule has 0 saturated carbocycles. The van der Waals surface area contributed by atoms with E-state index in [-0.39, 0.29) is 38.1 Å². The molecule has 2 atom stereocenters. The first-order valence-electron chi connectivity index (χ1n) is 8.96. The summed E-state index contributed by atoms with van der Waals surface area (Å²) >= 11 is 0.259. The standard InChI is InChI=1S/C22H25NO2Se/c1-22(2,3)23-14-17(15-26-18-12-8-5-9-13-18)19(21(23)25)20(24)16-10-6-4-7-11-16/h4-13,17,19H,14-15H2,1-3H3/t17-,19+/m1/s1.